The Hall–Kier alpha value is -4.07. The number of hydrogen-bond donors (Lipinski definition) is 2. The van der Waals surface area contributed by atoms with E-state index >= 15 is 0 Å². The normalized spacial score (nSPS) is 13.9. The monoisotopic (exact) mass is 441 g/mol. The Kier molecular flexibility index (Phi) is 5.56. The molecule has 3 N–H and O–H groups in total. The molecule has 0 bridgehead atoms. The molecule has 168 valence electrons. The molecule has 1 aliphatic rings. The first kappa shape index (κ1) is 20.8. The Bertz CT molecular complexity index is 1270. The third-order valence-electron chi connectivity index (χ3n) is 5.99. The van der Waals surface area contributed by atoms with Gasteiger partial charge in [0.15, 0.2) is 11.6 Å². The van der Waals surface area contributed by atoms with Gasteiger partial charge in [0.05, 0.1) is 18.3 Å². The van der Waals surface area contributed by atoms with Crippen LogP contribution in [0.5, 0.6) is 5.75 Å². The number of nitrogens with zero attached hydrogens (tertiary/aromatic N) is 5. The Morgan fingerprint density at radius 2 is 1.67 bits per heavy atom. The van der Waals surface area contributed by atoms with E-state index in [1.165, 1.54) is 5.69 Å². The highest BCUT2D eigenvalue weighted by Gasteiger charge is 2.22. The number of piperazine rings is 1. The minimum absolute atomic E-state index is 0.542. The number of anilines is 5. The summed E-state index contributed by atoms with van der Waals surface area (Å²) in [6.07, 6.45) is 1.56. The van der Waals surface area contributed by atoms with Crippen molar-refractivity contribution in [2.45, 2.75) is 6.92 Å². The molecule has 3 heterocycles. The predicted octanol–water partition coefficient (Wildman–Crippen LogP) is 3.99. The zero-order chi connectivity index (χ0) is 22.8. The van der Waals surface area contributed by atoms with Crippen LogP contribution in [0.25, 0.3) is 10.9 Å². The van der Waals surface area contributed by atoms with Crippen LogP contribution in [-0.2, 0) is 0 Å². The second kappa shape index (κ2) is 8.82. The predicted molar refractivity (Wildman–Crippen MR) is 134 cm³/mol. The molecule has 0 amide bonds. The summed E-state index contributed by atoms with van der Waals surface area (Å²) >= 11 is 0. The average Bonchev–Trinajstić information content (AvgIpc) is 2.86. The fourth-order valence-corrected chi connectivity index (χ4v) is 4.18. The van der Waals surface area contributed by atoms with Gasteiger partial charge in [-0.25, -0.2) is 9.97 Å². The molecular weight excluding hydrogens is 414 g/mol. The standard InChI is InChI=1S/C25H27N7O/c1-17-6-7-18-4-3-5-21(23(18)29-17)30-24-22(26)25(28-16-27-24)32-14-12-31(13-15-32)19-8-10-20(33-2)11-9-19/h3-11,16H,12-15,26H2,1-2H3,(H,27,28,30). The van der Waals surface area contributed by atoms with Gasteiger partial charge in [-0.3, -0.25) is 4.98 Å². The molecule has 0 unspecified atom stereocenters. The summed E-state index contributed by atoms with van der Waals surface area (Å²) in [4.78, 5) is 18.2. The quantitative estimate of drug-likeness (QED) is 0.480. The van der Waals surface area contributed by atoms with Crippen LogP contribution in [0.4, 0.5) is 28.7 Å². The van der Waals surface area contributed by atoms with Crippen LogP contribution in [0.3, 0.4) is 0 Å². The topological polar surface area (TPSA) is 92.4 Å². The van der Waals surface area contributed by atoms with Crippen molar-refractivity contribution >= 4 is 39.6 Å². The van der Waals surface area contributed by atoms with E-state index in [-0.39, 0.29) is 0 Å². The lowest BCUT2D eigenvalue weighted by Crippen LogP contribution is -2.47. The molecule has 5 rings (SSSR count). The van der Waals surface area contributed by atoms with Gasteiger partial charge in [0.25, 0.3) is 0 Å². The van der Waals surface area contributed by atoms with Gasteiger partial charge in [-0.1, -0.05) is 18.2 Å². The zero-order valence-corrected chi connectivity index (χ0v) is 18.8. The van der Waals surface area contributed by atoms with E-state index in [4.69, 9.17) is 15.5 Å². The molecule has 0 spiro atoms. The van der Waals surface area contributed by atoms with Crippen LogP contribution in [0.2, 0.25) is 0 Å². The minimum atomic E-state index is 0.542. The average molecular weight is 442 g/mol. The highest BCUT2D eigenvalue weighted by molar-refractivity contribution is 5.93. The number of hydrogen-bond acceptors (Lipinski definition) is 8. The van der Waals surface area contributed by atoms with Crippen LogP contribution in [0, 0.1) is 6.92 Å². The Labute approximate surface area is 193 Å². The first-order chi connectivity index (χ1) is 16.1. The van der Waals surface area contributed by atoms with Crippen molar-refractivity contribution in [1.82, 2.24) is 15.0 Å². The molecular formula is C25H27N7O. The van der Waals surface area contributed by atoms with Gasteiger partial charge in [-0.2, -0.15) is 0 Å². The van der Waals surface area contributed by atoms with Crippen LogP contribution in [-0.4, -0.2) is 48.2 Å². The van der Waals surface area contributed by atoms with Gasteiger partial charge in [0.1, 0.15) is 17.8 Å². The summed E-state index contributed by atoms with van der Waals surface area (Å²) in [5.74, 6) is 2.21. The molecule has 33 heavy (non-hydrogen) atoms. The number of fused-ring (bicyclic) bond motifs is 1. The Morgan fingerprint density at radius 1 is 0.909 bits per heavy atom. The fraction of sp³-hybridized carbons (Fsp3) is 0.240. The molecule has 0 saturated carbocycles. The van der Waals surface area contributed by atoms with Crippen LogP contribution in [0.1, 0.15) is 5.69 Å². The Balaban J connectivity index is 1.34. The maximum Gasteiger partial charge on any atom is 0.159 e. The second-order valence-electron chi connectivity index (χ2n) is 8.09. The van der Waals surface area contributed by atoms with E-state index < -0.39 is 0 Å². The lowest BCUT2D eigenvalue weighted by atomic mass is 10.1. The lowest BCUT2D eigenvalue weighted by Gasteiger charge is -2.37. The molecule has 8 heteroatoms. The van der Waals surface area contributed by atoms with Gasteiger partial charge < -0.3 is 25.6 Å². The van der Waals surface area contributed by atoms with Crippen LogP contribution >= 0.6 is 0 Å². The molecule has 0 aliphatic carbocycles. The maximum absolute atomic E-state index is 6.54. The van der Waals surface area contributed by atoms with Crippen molar-refractivity contribution in [2.24, 2.45) is 0 Å². The van der Waals surface area contributed by atoms with Gasteiger partial charge in [0, 0.05) is 42.9 Å². The summed E-state index contributed by atoms with van der Waals surface area (Å²) in [5, 5.41) is 4.44. The first-order valence-electron chi connectivity index (χ1n) is 11.0. The van der Waals surface area contributed by atoms with Crippen molar-refractivity contribution in [1.29, 1.82) is 0 Å². The molecule has 1 fully saturated rings. The number of benzene rings is 2. The third-order valence-corrected chi connectivity index (χ3v) is 5.99. The van der Waals surface area contributed by atoms with E-state index in [1.807, 2.05) is 43.3 Å². The molecule has 0 atom stereocenters. The summed E-state index contributed by atoms with van der Waals surface area (Å²) in [5.41, 5.74) is 11.0. The van der Waals surface area contributed by atoms with Gasteiger partial charge >= 0.3 is 0 Å². The number of pyridine rings is 1. The Morgan fingerprint density at radius 3 is 2.42 bits per heavy atom. The van der Waals surface area contributed by atoms with Crippen molar-refractivity contribution in [3.8, 4) is 5.75 Å². The summed E-state index contributed by atoms with van der Waals surface area (Å²) in [6.45, 7) is 5.39. The fourth-order valence-electron chi connectivity index (χ4n) is 4.18. The van der Waals surface area contributed by atoms with Crippen molar-refractivity contribution in [3.63, 3.8) is 0 Å². The molecule has 2 aromatic carbocycles. The van der Waals surface area contributed by atoms with Gasteiger partial charge in [-0.15, -0.1) is 0 Å². The van der Waals surface area contributed by atoms with Crippen LogP contribution < -0.4 is 25.6 Å². The van der Waals surface area contributed by atoms with E-state index in [1.54, 1.807) is 13.4 Å². The highest BCUT2D eigenvalue weighted by Crippen LogP contribution is 2.32. The molecule has 8 nitrogen and oxygen atoms in total. The van der Waals surface area contributed by atoms with Crippen LogP contribution in [0.15, 0.2) is 60.9 Å². The number of rotatable bonds is 5. The van der Waals surface area contributed by atoms with E-state index in [2.05, 4.69) is 43.3 Å². The lowest BCUT2D eigenvalue weighted by molar-refractivity contribution is 0.415. The number of nitrogen functional groups attached to an aromatic ring is 1. The molecule has 2 aromatic heterocycles. The van der Waals surface area contributed by atoms with Crippen molar-refractivity contribution in [2.75, 3.05) is 54.1 Å². The molecule has 1 saturated heterocycles. The second-order valence-corrected chi connectivity index (χ2v) is 8.09. The largest absolute Gasteiger partial charge is 0.497 e. The number of ether oxygens (including phenoxy) is 1. The number of aryl methyl sites for hydroxylation is 1. The smallest absolute Gasteiger partial charge is 0.159 e. The summed E-state index contributed by atoms with van der Waals surface area (Å²) in [6, 6.07) is 18.3. The van der Waals surface area contributed by atoms with Gasteiger partial charge in [0.2, 0.25) is 0 Å². The van der Waals surface area contributed by atoms with E-state index in [9.17, 15) is 0 Å². The third kappa shape index (κ3) is 4.19. The summed E-state index contributed by atoms with van der Waals surface area (Å²) in [7, 11) is 1.68. The van der Waals surface area contributed by atoms with E-state index in [0.717, 1.165) is 60.0 Å². The number of nitrogens with one attached hydrogen (secondary N) is 1. The minimum Gasteiger partial charge on any atom is -0.497 e. The zero-order valence-electron chi connectivity index (χ0n) is 18.8. The molecule has 0 radical (unpaired) electrons. The maximum atomic E-state index is 6.54. The van der Waals surface area contributed by atoms with Gasteiger partial charge in [-0.05, 0) is 43.3 Å². The number of aromatic nitrogens is 3. The molecule has 4 aromatic rings. The number of methoxy groups -OCH3 is 1. The highest BCUT2D eigenvalue weighted by atomic mass is 16.5. The number of para-hydroxylation sites is 1. The number of nitrogens with two attached hydrogens (primary N) is 1. The SMILES string of the molecule is COc1ccc(N2CCN(c3ncnc(Nc4cccc5ccc(C)nc45)c3N)CC2)cc1. The van der Waals surface area contributed by atoms with Crippen molar-refractivity contribution < 1.29 is 4.74 Å². The van der Waals surface area contributed by atoms with E-state index in [0.29, 0.717) is 11.5 Å². The van der Waals surface area contributed by atoms with Crippen molar-refractivity contribution in [3.05, 3.63) is 66.6 Å². The first-order valence-corrected chi connectivity index (χ1v) is 11.0. The summed E-state index contributed by atoms with van der Waals surface area (Å²) < 4.78 is 5.26. The molecule has 1 aliphatic heterocycles.